The van der Waals surface area contributed by atoms with Gasteiger partial charge in [-0.2, -0.15) is 0 Å². The molecule has 1 aromatic rings. The van der Waals surface area contributed by atoms with Gasteiger partial charge in [-0.3, -0.25) is 0 Å². The lowest BCUT2D eigenvalue weighted by molar-refractivity contribution is 0.199. The molecule has 0 aromatic heterocycles. The molecule has 1 aromatic carbocycles. The number of rotatable bonds is 9. The third-order valence-corrected chi connectivity index (χ3v) is 2.89. The minimum atomic E-state index is 0.678. The molecule has 0 aliphatic rings. The number of unbranched alkanes of at least 4 members (excludes halogenated alkanes) is 1. The van der Waals surface area contributed by atoms with Crippen molar-refractivity contribution in [1.82, 2.24) is 5.32 Å². The fraction of sp³-hybridized carbons (Fsp3) is 0.571. The zero-order chi connectivity index (χ0) is 13.2. The van der Waals surface area contributed by atoms with Crippen LogP contribution >= 0.6 is 11.6 Å². The van der Waals surface area contributed by atoms with E-state index in [0.29, 0.717) is 18.2 Å². The molecule has 1 N–H and O–H groups in total. The molecule has 0 saturated heterocycles. The van der Waals surface area contributed by atoms with Gasteiger partial charge in [-0.1, -0.05) is 37.1 Å². The van der Waals surface area contributed by atoms with Crippen molar-refractivity contribution < 1.29 is 9.47 Å². The van der Waals surface area contributed by atoms with Crippen LogP contribution in [-0.2, 0) is 11.3 Å². The van der Waals surface area contributed by atoms with Gasteiger partial charge in [-0.15, -0.1) is 0 Å². The Morgan fingerprint density at radius 2 is 2.11 bits per heavy atom. The smallest absolute Gasteiger partial charge is 0.142 e. The lowest BCUT2D eigenvalue weighted by atomic mass is 10.2. The molecule has 0 aliphatic heterocycles. The van der Waals surface area contributed by atoms with E-state index >= 15 is 0 Å². The van der Waals surface area contributed by atoms with E-state index in [1.165, 1.54) is 0 Å². The zero-order valence-corrected chi connectivity index (χ0v) is 11.9. The van der Waals surface area contributed by atoms with Crippen LogP contribution in [0.5, 0.6) is 5.75 Å². The zero-order valence-electron chi connectivity index (χ0n) is 11.2. The first-order valence-electron chi connectivity index (χ1n) is 6.39. The number of para-hydroxylation sites is 1. The molecule has 0 saturated carbocycles. The van der Waals surface area contributed by atoms with Gasteiger partial charge < -0.3 is 14.8 Å². The Kier molecular flexibility index (Phi) is 7.81. The van der Waals surface area contributed by atoms with Crippen molar-refractivity contribution in [2.75, 3.05) is 26.9 Å². The molecule has 4 heteroatoms. The van der Waals surface area contributed by atoms with Crippen molar-refractivity contribution in [1.29, 1.82) is 0 Å². The second kappa shape index (κ2) is 9.20. The van der Waals surface area contributed by atoms with E-state index in [0.717, 1.165) is 37.2 Å². The van der Waals surface area contributed by atoms with Crippen molar-refractivity contribution in [2.24, 2.45) is 0 Å². The highest BCUT2D eigenvalue weighted by atomic mass is 35.5. The summed E-state index contributed by atoms with van der Waals surface area (Å²) in [4.78, 5) is 0. The highest BCUT2D eigenvalue weighted by molar-refractivity contribution is 6.32. The van der Waals surface area contributed by atoms with E-state index in [1.54, 1.807) is 7.11 Å². The summed E-state index contributed by atoms with van der Waals surface area (Å²) in [5, 5.41) is 3.97. The van der Waals surface area contributed by atoms with Crippen LogP contribution in [0.4, 0.5) is 0 Å². The molecule has 0 aliphatic carbocycles. The molecule has 3 nitrogen and oxygen atoms in total. The summed E-state index contributed by atoms with van der Waals surface area (Å²) < 4.78 is 10.8. The topological polar surface area (TPSA) is 30.5 Å². The SMILES string of the molecule is CCCCOc1c(Cl)cccc1CNCCOC. The number of halogens is 1. The predicted molar refractivity (Wildman–Crippen MR) is 75.4 cm³/mol. The fourth-order valence-corrected chi connectivity index (χ4v) is 1.82. The number of hydrogen-bond acceptors (Lipinski definition) is 3. The summed E-state index contributed by atoms with van der Waals surface area (Å²) in [6, 6.07) is 5.84. The Morgan fingerprint density at radius 3 is 2.83 bits per heavy atom. The van der Waals surface area contributed by atoms with Crippen LogP contribution in [0, 0.1) is 0 Å². The van der Waals surface area contributed by atoms with Gasteiger partial charge in [0.05, 0.1) is 18.2 Å². The maximum absolute atomic E-state index is 6.17. The second-order valence-electron chi connectivity index (χ2n) is 4.10. The highest BCUT2D eigenvalue weighted by Gasteiger charge is 2.07. The number of benzene rings is 1. The molecule has 102 valence electrons. The minimum absolute atomic E-state index is 0.678. The maximum atomic E-state index is 6.17. The van der Waals surface area contributed by atoms with Gasteiger partial charge in [0, 0.05) is 25.8 Å². The first-order valence-corrected chi connectivity index (χ1v) is 6.77. The standard InChI is InChI=1S/C14H22ClNO2/c1-3-4-9-18-14-12(6-5-7-13(14)15)11-16-8-10-17-2/h5-7,16H,3-4,8-11H2,1-2H3. The molecule has 0 atom stereocenters. The summed E-state index contributed by atoms with van der Waals surface area (Å²) in [7, 11) is 1.69. The van der Waals surface area contributed by atoms with Crippen molar-refractivity contribution in [2.45, 2.75) is 26.3 Å². The number of ether oxygens (including phenoxy) is 2. The minimum Gasteiger partial charge on any atom is -0.492 e. The van der Waals surface area contributed by atoms with E-state index in [2.05, 4.69) is 12.2 Å². The van der Waals surface area contributed by atoms with E-state index in [-0.39, 0.29) is 0 Å². The van der Waals surface area contributed by atoms with E-state index in [1.807, 2.05) is 18.2 Å². The summed E-state index contributed by atoms with van der Waals surface area (Å²) in [5.41, 5.74) is 1.09. The summed E-state index contributed by atoms with van der Waals surface area (Å²) in [6.45, 7) is 5.11. The van der Waals surface area contributed by atoms with Crippen molar-refractivity contribution >= 4 is 11.6 Å². The molecule has 0 amide bonds. The molecule has 0 unspecified atom stereocenters. The molecule has 0 heterocycles. The van der Waals surface area contributed by atoms with Crippen molar-refractivity contribution in [3.8, 4) is 5.75 Å². The molecule has 18 heavy (non-hydrogen) atoms. The highest BCUT2D eigenvalue weighted by Crippen LogP contribution is 2.28. The van der Waals surface area contributed by atoms with Crippen LogP contribution in [0.1, 0.15) is 25.3 Å². The Balaban J connectivity index is 2.56. The summed E-state index contributed by atoms with van der Waals surface area (Å²) in [5.74, 6) is 0.803. The summed E-state index contributed by atoms with van der Waals surface area (Å²) >= 11 is 6.17. The van der Waals surface area contributed by atoms with Gasteiger partial charge in [0.15, 0.2) is 0 Å². The molecule has 0 radical (unpaired) electrons. The van der Waals surface area contributed by atoms with Crippen LogP contribution in [0.25, 0.3) is 0 Å². The average molecular weight is 272 g/mol. The number of hydrogen-bond donors (Lipinski definition) is 1. The predicted octanol–water partition coefficient (Wildman–Crippen LogP) is 3.25. The monoisotopic (exact) mass is 271 g/mol. The first-order chi connectivity index (χ1) is 8.79. The van der Waals surface area contributed by atoms with E-state index < -0.39 is 0 Å². The molecule has 0 fully saturated rings. The Hall–Kier alpha value is -0.770. The first kappa shape index (κ1) is 15.3. The molecule has 1 rings (SSSR count). The van der Waals surface area contributed by atoms with Gasteiger partial charge in [-0.25, -0.2) is 0 Å². The van der Waals surface area contributed by atoms with Crippen LogP contribution in [0.2, 0.25) is 5.02 Å². The van der Waals surface area contributed by atoms with Gasteiger partial charge in [0.25, 0.3) is 0 Å². The lowest BCUT2D eigenvalue weighted by Gasteiger charge is -2.13. The molecular weight excluding hydrogens is 250 g/mol. The van der Waals surface area contributed by atoms with Crippen molar-refractivity contribution in [3.63, 3.8) is 0 Å². The third-order valence-electron chi connectivity index (χ3n) is 2.59. The largest absolute Gasteiger partial charge is 0.492 e. The fourth-order valence-electron chi connectivity index (χ4n) is 1.57. The summed E-state index contributed by atoms with van der Waals surface area (Å²) in [6.07, 6.45) is 2.16. The molecular formula is C14H22ClNO2. The third kappa shape index (κ3) is 5.25. The van der Waals surface area contributed by atoms with Crippen LogP contribution < -0.4 is 10.1 Å². The van der Waals surface area contributed by atoms with Crippen LogP contribution in [0.15, 0.2) is 18.2 Å². The molecule has 0 bridgehead atoms. The Bertz CT molecular complexity index is 345. The average Bonchev–Trinajstić information content (AvgIpc) is 2.37. The maximum Gasteiger partial charge on any atom is 0.142 e. The second-order valence-corrected chi connectivity index (χ2v) is 4.51. The number of methoxy groups -OCH3 is 1. The Morgan fingerprint density at radius 1 is 1.28 bits per heavy atom. The number of nitrogens with one attached hydrogen (secondary N) is 1. The van der Waals surface area contributed by atoms with Crippen LogP contribution in [0.3, 0.4) is 0 Å². The van der Waals surface area contributed by atoms with E-state index in [9.17, 15) is 0 Å². The van der Waals surface area contributed by atoms with E-state index in [4.69, 9.17) is 21.1 Å². The van der Waals surface area contributed by atoms with Crippen molar-refractivity contribution in [3.05, 3.63) is 28.8 Å². The normalized spacial score (nSPS) is 10.6. The lowest BCUT2D eigenvalue weighted by Crippen LogP contribution is -2.19. The molecule has 0 spiro atoms. The quantitative estimate of drug-likeness (QED) is 0.700. The van der Waals surface area contributed by atoms with Crippen LogP contribution in [-0.4, -0.2) is 26.9 Å². The Labute approximate surface area is 114 Å². The van der Waals surface area contributed by atoms with Gasteiger partial charge >= 0.3 is 0 Å². The van der Waals surface area contributed by atoms with Gasteiger partial charge in [0.2, 0.25) is 0 Å². The van der Waals surface area contributed by atoms with Gasteiger partial charge in [0.1, 0.15) is 5.75 Å². The van der Waals surface area contributed by atoms with Gasteiger partial charge in [-0.05, 0) is 12.5 Å².